The Morgan fingerprint density at radius 3 is 2.28 bits per heavy atom. The maximum absolute atomic E-state index is 14.3. The number of nitrogens with zero attached hydrogens (tertiary/aromatic N) is 6. The number of methoxy groups -OCH3 is 2. The predicted octanol–water partition coefficient (Wildman–Crippen LogP) is 6.29. The lowest BCUT2D eigenvalue weighted by molar-refractivity contribution is -0.120. The molecule has 2 amide bonds. The van der Waals surface area contributed by atoms with Gasteiger partial charge in [0.25, 0.3) is 0 Å². The molecule has 2 aromatic carbocycles. The summed E-state index contributed by atoms with van der Waals surface area (Å²) in [6.45, 7) is 12.4. The van der Waals surface area contributed by atoms with Crippen molar-refractivity contribution in [3.8, 4) is 11.5 Å². The number of benzene rings is 2. The lowest BCUT2D eigenvalue weighted by atomic mass is 9.91. The highest BCUT2D eigenvalue weighted by molar-refractivity contribution is 6.23. The molecular weight excluding hydrogens is 642 g/mol. The van der Waals surface area contributed by atoms with Gasteiger partial charge in [-0.25, -0.2) is 19.5 Å². The molecule has 7 rings (SSSR count). The van der Waals surface area contributed by atoms with Gasteiger partial charge in [-0.1, -0.05) is 6.07 Å². The van der Waals surface area contributed by atoms with Gasteiger partial charge in [-0.05, 0) is 95.8 Å². The van der Waals surface area contributed by atoms with Crippen LogP contribution in [0.25, 0.3) is 10.9 Å². The Bertz CT molecular complexity index is 2040. The van der Waals surface area contributed by atoms with Crippen LogP contribution in [-0.2, 0) is 19.7 Å². The topological polar surface area (TPSA) is 150 Å². The number of amides is 2. The molecular formula is C36H41N7O7. The Morgan fingerprint density at radius 2 is 1.64 bits per heavy atom. The molecule has 1 aliphatic carbocycles. The van der Waals surface area contributed by atoms with E-state index in [1.54, 1.807) is 67.0 Å². The molecule has 0 unspecified atom stereocenters. The molecule has 262 valence electrons. The molecule has 4 heterocycles. The van der Waals surface area contributed by atoms with Crippen molar-refractivity contribution in [3.63, 3.8) is 0 Å². The Balaban J connectivity index is 1.30. The third kappa shape index (κ3) is 5.61. The van der Waals surface area contributed by atoms with E-state index in [1.165, 1.54) is 11.8 Å². The van der Waals surface area contributed by atoms with Gasteiger partial charge in [0.2, 0.25) is 11.9 Å². The second kappa shape index (κ2) is 11.6. The Kier molecular flexibility index (Phi) is 7.68. The zero-order valence-corrected chi connectivity index (χ0v) is 29.5. The molecule has 1 saturated heterocycles. The summed E-state index contributed by atoms with van der Waals surface area (Å²) in [5, 5.41) is 8.54. The van der Waals surface area contributed by atoms with Gasteiger partial charge in [0.05, 0.1) is 37.0 Å². The smallest absolute Gasteiger partial charge is 0.435 e. The van der Waals surface area contributed by atoms with Crippen molar-refractivity contribution in [1.82, 2.24) is 19.7 Å². The second-order valence-electron chi connectivity index (χ2n) is 14.8. The number of ether oxygens (including phenoxy) is 4. The zero-order chi connectivity index (χ0) is 35.7. The number of anilines is 4. The third-order valence-electron chi connectivity index (χ3n) is 9.06. The van der Waals surface area contributed by atoms with Crippen LogP contribution >= 0.6 is 0 Å². The second-order valence-corrected chi connectivity index (χ2v) is 14.8. The molecule has 2 aliphatic heterocycles. The number of nitrogens with one attached hydrogen (secondary N) is 1. The van der Waals surface area contributed by atoms with E-state index in [-0.39, 0.29) is 11.8 Å². The van der Waals surface area contributed by atoms with E-state index in [9.17, 15) is 14.4 Å². The summed E-state index contributed by atoms with van der Waals surface area (Å²) < 4.78 is 23.7. The van der Waals surface area contributed by atoms with E-state index in [0.717, 1.165) is 30.0 Å². The maximum Gasteiger partial charge on any atom is 0.435 e. The van der Waals surface area contributed by atoms with Crippen molar-refractivity contribution >= 4 is 52.3 Å². The number of fused-ring (bicyclic) bond motifs is 3. The summed E-state index contributed by atoms with van der Waals surface area (Å²) in [5.74, 6) is 1.63. The average Bonchev–Trinajstić information content (AvgIpc) is 3.60. The van der Waals surface area contributed by atoms with Crippen molar-refractivity contribution in [2.45, 2.75) is 76.9 Å². The van der Waals surface area contributed by atoms with Crippen molar-refractivity contribution in [3.05, 3.63) is 53.7 Å². The fourth-order valence-corrected chi connectivity index (χ4v) is 6.57. The van der Waals surface area contributed by atoms with Gasteiger partial charge in [-0.2, -0.15) is 9.67 Å². The van der Waals surface area contributed by atoms with Crippen LogP contribution in [0, 0.1) is 0 Å². The molecule has 4 aromatic rings. The molecule has 50 heavy (non-hydrogen) atoms. The number of carbonyl (C=O) groups excluding carboxylic acids is 3. The molecule has 0 bridgehead atoms. The van der Waals surface area contributed by atoms with Gasteiger partial charge in [0.1, 0.15) is 17.0 Å². The molecule has 14 nitrogen and oxygen atoms in total. The lowest BCUT2D eigenvalue weighted by Gasteiger charge is -2.31. The molecule has 0 radical (unpaired) electrons. The van der Waals surface area contributed by atoms with Crippen LogP contribution < -0.4 is 24.6 Å². The summed E-state index contributed by atoms with van der Waals surface area (Å²) >= 11 is 0. The SMILES string of the molecule is COc1ccc2c(c1)[C@]1(C[C@H]1c1ccc3c(Nc4nc(N5CCC5)ncc4OC)nn(C(=O)OC(C)(C)C)c3c1)C(=O)N2C(=O)OC(C)(C)C. The Labute approximate surface area is 289 Å². The summed E-state index contributed by atoms with van der Waals surface area (Å²) in [6.07, 6.45) is 1.71. The number of carbonyl (C=O) groups is 3. The van der Waals surface area contributed by atoms with Gasteiger partial charge in [-0.15, -0.1) is 5.10 Å². The van der Waals surface area contributed by atoms with Crippen LogP contribution in [0.4, 0.5) is 32.9 Å². The van der Waals surface area contributed by atoms with Gasteiger partial charge in [-0.3, -0.25) is 4.79 Å². The van der Waals surface area contributed by atoms with E-state index in [2.05, 4.69) is 20.3 Å². The largest absolute Gasteiger partial charge is 0.497 e. The highest BCUT2D eigenvalue weighted by atomic mass is 16.6. The number of hydrogen-bond acceptors (Lipinski definition) is 12. The molecule has 2 fully saturated rings. The number of aromatic nitrogens is 4. The molecule has 1 N–H and O–H groups in total. The van der Waals surface area contributed by atoms with Crippen LogP contribution in [0.1, 0.15) is 71.4 Å². The van der Waals surface area contributed by atoms with Crippen molar-refractivity contribution in [1.29, 1.82) is 0 Å². The maximum atomic E-state index is 14.3. The van der Waals surface area contributed by atoms with E-state index >= 15 is 0 Å². The molecule has 2 atom stereocenters. The van der Waals surface area contributed by atoms with Gasteiger partial charge in [0, 0.05) is 24.4 Å². The molecule has 1 saturated carbocycles. The van der Waals surface area contributed by atoms with Crippen LogP contribution in [0.15, 0.2) is 42.6 Å². The van der Waals surface area contributed by atoms with Gasteiger partial charge >= 0.3 is 12.2 Å². The Hall–Kier alpha value is -5.40. The standard InChI is InChI=1S/C36H41N7O7/c1-34(2,3)49-32(45)42-25-13-11-21(47-7)17-23(25)36(30(42)44)18-24(36)20-10-12-22-26(16-20)43(33(46)50-35(4,5)6)40-28(22)38-29-27(48-8)19-37-31(39-29)41-14-9-15-41/h10-13,16-17,19,24H,9,14-15,18H2,1-8H3,(H,37,38,39,40)/t24-,36-/m0/s1. The summed E-state index contributed by atoms with van der Waals surface area (Å²) in [5.41, 5.74) is -0.184. The van der Waals surface area contributed by atoms with Crippen LogP contribution in [0.3, 0.4) is 0 Å². The molecule has 2 aromatic heterocycles. The highest BCUT2D eigenvalue weighted by Gasteiger charge is 2.68. The van der Waals surface area contributed by atoms with E-state index in [1.807, 2.05) is 24.3 Å². The van der Waals surface area contributed by atoms with E-state index in [0.29, 0.717) is 57.7 Å². The summed E-state index contributed by atoms with van der Waals surface area (Å²) in [7, 11) is 3.09. The molecule has 1 spiro atoms. The zero-order valence-electron chi connectivity index (χ0n) is 29.5. The normalized spacial score (nSPS) is 19.7. The van der Waals surface area contributed by atoms with Gasteiger partial charge < -0.3 is 29.2 Å². The first-order chi connectivity index (χ1) is 23.6. The Morgan fingerprint density at radius 1 is 0.920 bits per heavy atom. The number of imide groups is 1. The predicted molar refractivity (Wildman–Crippen MR) is 186 cm³/mol. The fraction of sp³-hybridized carbons (Fsp3) is 0.444. The number of rotatable bonds is 6. The van der Waals surface area contributed by atoms with Crippen LogP contribution in [-0.4, -0.2) is 76.4 Å². The van der Waals surface area contributed by atoms with E-state index < -0.39 is 28.8 Å². The summed E-state index contributed by atoms with van der Waals surface area (Å²) in [6, 6.07) is 10.9. The molecule has 14 heteroatoms. The minimum atomic E-state index is -1.02. The first-order valence-electron chi connectivity index (χ1n) is 16.6. The number of hydrogen-bond donors (Lipinski definition) is 1. The third-order valence-corrected chi connectivity index (χ3v) is 9.06. The van der Waals surface area contributed by atoms with Crippen molar-refractivity contribution in [2.75, 3.05) is 42.4 Å². The molecule has 3 aliphatic rings. The highest BCUT2D eigenvalue weighted by Crippen LogP contribution is 2.67. The summed E-state index contributed by atoms with van der Waals surface area (Å²) in [4.78, 5) is 53.6. The van der Waals surface area contributed by atoms with E-state index in [4.69, 9.17) is 23.9 Å². The average molecular weight is 684 g/mol. The first kappa shape index (κ1) is 33.1. The van der Waals surface area contributed by atoms with Crippen LogP contribution in [0.2, 0.25) is 0 Å². The van der Waals surface area contributed by atoms with Crippen molar-refractivity contribution < 1.29 is 33.3 Å². The first-order valence-corrected chi connectivity index (χ1v) is 16.6. The minimum absolute atomic E-state index is 0.308. The van der Waals surface area contributed by atoms with Crippen molar-refractivity contribution in [2.24, 2.45) is 0 Å². The monoisotopic (exact) mass is 683 g/mol. The van der Waals surface area contributed by atoms with Gasteiger partial charge in [0.15, 0.2) is 17.4 Å². The minimum Gasteiger partial charge on any atom is -0.497 e. The lowest BCUT2D eigenvalue weighted by Crippen LogP contribution is -2.41. The quantitative estimate of drug-likeness (QED) is 0.243. The van der Waals surface area contributed by atoms with Crippen LogP contribution in [0.5, 0.6) is 11.5 Å². The fourth-order valence-electron chi connectivity index (χ4n) is 6.57.